The van der Waals surface area contributed by atoms with Gasteiger partial charge in [-0.1, -0.05) is 0 Å². The lowest BCUT2D eigenvalue weighted by Crippen LogP contribution is -2.15. The quantitative estimate of drug-likeness (QED) is 0.818. The van der Waals surface area contributed by atoms with Crippen LogP contribution in [0.25, 0.3) is 0 Å². The molecule has 0 bridgehead atoms. The predicted octanol–water partition coefficient (Wildman–Crippen LogP) is 1.62. The van der Waals surface area contributed by atoms with Gasteiger partial charge >= 0.3 is 0 Å². The van der Waals surface area contributed by atoms with Crippen molar-refractivity contribution >= 4 is 17.3 Å². The number of hydrogen-bond donors (Lipinski definition) is 2. The smallest absolute Gasteiger partial charge is 0.259 e. The number of nitrogens with zero attached hydrogens (tertiary/aromatic N) is 2. The van der Waals surface area contributed by atoms with Crippen molar-refractivity contribution in [3.8, 4) is 0 Å². The maximum absolute atomic E-state index is 11.9. The van der Waals surface area contributed by atoms with Crippen molar-refractivity contribution in [2.24, 2.45) is 0 Å². The Morgan fingerprint density at radius 2 is 1.94 bits per heavy atom. The van der Waals surface area contributed by atoms with Crippen molar-refractivity contribution in [3.63, 3.8) is 0 Å². The van der Waals surface area contributed by atoms with Gasteiger partial charge in [-0.3, -0.25) is 14.8 Å². The Hall–Kier alpha value is -2.43. The summed E-state index contributed by atoms with van der Waals surface area (Å²) in [5.41, 5.74) is 8.08. The van der Waals surface area contributed by atoms with E-state index in [9.17, 15) is 4.79 Å². The van der Waals surface area contributed by atoms with Crippen LogP contribution >= 0.6 is 0 Å². The molecule has 0 spiro atoms. The van der Waals surface area contributed by atoms with Crippen molar-refractivity contribution in [1.82, 2.24) is 9.97 Å². The van der Waals surface area contributed by atoms with E-state index < -0.39 is 0 Å². The van der Waals surface area contributed by atoms with E-state index in [-0.39, 0.29) is 5.91 Å². The first-order chi connectivity index (χ1) is 8.18. The van der Waals surface area contributed by atoms with Gasteiger partial charge < -0.3 is 11.1 Å². The van der Waals surface area contributed by atoms with E-state index in [4.69, 9.17) is 5.73 Å². The molecule has 0 aliphatic heterocycles. The molecule has 2 aromatic heterocycles. The van der Waals surface area contributed by atoms with Crippen LogP contribution in [0.5, 0.6) is 0 Å². The third kappa shape index (κ3) is 2.39. The molecule has 2 rings (SSSR count). The van der Waals surface area contributed by atoms with Crippen LogP contribution in [0.1, 0.15) is 15.9 Å². The van der Waals surface area contributed by atoms with Crippen LogP contribution in [0.4, 0.5) is 11.4 Å². The molecule has 5 heteroatoms. The maximum Gasteiger partial charge on any atom is 0.259 e. The Balaban J connectivity index is 2.24. The van der Waals surface area contributed by atoms with Gasteiger partial charge in [-0.25, -0.2) is 0 Å². The van der Waals surface area contributed by atoms with Crippen LogP contribution in [0.2, 0.25) is 0 Å². The summed E-state index contributed by atoms with van der Waals surface area (Å²) < 4.78 is 0. The number of nitrogens with one attached hydrogen (secondary N) is 1. The molecule has 17 heavy (non-hydrogen) atoms. The highest BCUT2D eigenvalue weighted by Crippen LogP contribution is 2.15. The molecule has 0 aliphatic rings. The summed E-state index contributed by atoms with van der Waals surface area (Å²) in [5, 5.41) is 2.77. The molecule has 0 unspecified atom stereocenters. The van der Waals surface area contributed by atoms with E-state index in [2.05, 4.69) is 15.3 Å². The van der Waals surface area contributed by atoms with Crippen LogP contribution < -0.4 is 11.1 Å². The Morgan fingerprint density at radius 3 is 2.65 bits per heavy atom. The molecule has 3 N–H and O–H groups in total. The summed E-state index contributed by atoms with van der Waals surface area (Å²) in [7, 11) is 0. The third-order valence-electron chi connectivity index (χ3n) is 2.37. The highest BCUT2D eigenvalue weighted by atomic mass is 16.1. The fraction of sp³-hybridized carbons (Fsp3) is 0.0833. The molecule has 0 saturated carbocycles. The second kappa shape index (κ2) is 4.61. The van der Waals surface area contributed by atoms with Gasteiger partial charge in [0.05, 0.1) is 5.56 Å². The summed E-state index contributed by atoms with van der Waals surface area (Å²) in [6, 6.07) is 3.33. The molecule has 0 saturated heterocycles. The van der Waals surface area contributed by atoms with Gasteiger partial charge in [-0.2, -0.15) is 0 Å². The molecule has 2 heterocycles. The lowest BCUT2D eigenvalue weighted by Gasteiger charge is -2.08. The SMILES string of the molecule is Cc1cnccc1NC(=O)c1cnccc1N. The zero-order valence-electron chi connectivity index (χ0n) is 9.34. The average Bonchev–Trinajstić information content (AvgIpc) is 2.32. The Bertz CT molecular complexity index is 554. The third-order valence-corrected chi connectivity index (χ3v) is 2.37. The largest absolute Gasteiger partial charge is 0.398 e. The van der Waals surface area contributed by atoms with E-state index in [0.29, 0.717) is 16.9 Å². The minimum Gasteiger partial charge on any atom is -0.398 e. The number of pyridine rings is 2. The van der Waals surface area contributed by atoms with Gasteiger partial charge in [0.1, 0.15) is 0 Å². The van der Waals surface area contributed by atoms with Gasteiger partial charge in [-0.15, -0.1) is 0 Å². The number of amides is 1. The second-order valence-electron chi connectivity index (χ2n) is 3.61. The molecule has 0 fully saturated rings. The number of anilines is 2. The summed E-state index contributed by atoms with van der Waals surface area (Å²) >= 11 is 0. The number of carbonyl (C=O) groups is 1. The van der Waals surface area contributed by atoms with E-state index in [1.807, 2.05) is 6.92 Å². The van der Waals surface area contributed by atoms with Crippen molar-refractivity contribution in [2.45, 2.75) is 6.92 Å². The zero-order chi connectivity index (χ0) is 12.3. The Morgan fingerprint density at radius 1 is 1.24 bits per heavy atom. The highest BCUT2D eigenvalue weighted by molar-refractivity contribution is 6.07. The monoisotopic (exact) mass is 228 g/mol. The number of carbonyl (C=O) groups excluding carboxylic acids is 1. The molecular weight excluding hydrogens is 216 g/mol. The maximum atomic E-state index is 11.9. The predicted molar refractivity (Wildman–Crippen MR) is 65.6 cm³/mol. The van der Waals surface area contributed by atoms with E-state index in [1.165, 1.54) is 6.20 Å². The second-order valence-corrected chi connectivity index (χ2v) is 3.61. The van der Waals surface area contributed by atoms with Crippen molar-refractivity contribution in [2.75, 3.05) is 11.1 Å². The molecular formula is C12H12N4O. The molecule has 0 atom stereocenters. The van der Waals surface area contributed by atoms with Crippen molar-refractivity contribution in [1.29, 1.82) is 0 Å². The first-order valence-corrected chi connectivity index (χ1v) is 5.10. The first-order valence-electron chi connectivity index (χ1n) is 5.10. The number of hydrogen-bond acceptors (Lipinski definition) is 4. The standard InChI is InChI=1S/C12H12N4O/c1-8-6-14-5-3-11(8)16-12(17)9-7-15-4-2-10(9)13/h2-7H,1H3,(H2,13,15)(H,14,16,17). The number of aryl methyl sites for hydroxylation is 1. The zero-order valence-corrected chi connectivity index (χ0v) is 9.34. The van der Waals surface area contributed by atoms with Crippen molar-refractivity contribution < 1.29 is 4.79 Å². The summed E-state index contributed by atoms with van der Waals surface area (Å²) in [6.07, 6.45) is 6.29. The molecule has 0 aliphatic carbocycles. The van der Waals surface area contributed by atoms with Crippen LogP contribution in [-0.2, 0) is 0 Å². The molecule has 5 nitrogen and oxygen atoms in total. The Kier molecular flexibility index (Phi) is 3.00. The number of nitrogen functional groups attached to an aromatic ring is 1. The minimum atomic E-state index is -0.273. The molecule has 0 aromatic carbocycles. The lowest BCUT2D eigenvalue weighted by atomic mass is 10.2. The van der Waals surface area contributed by atoms with Crippen LogP contribution in [0.3, 0.4) is 0 Å². The Labute approximate surface area is 98.7 Å². The normalized spacial score (nSPS) is 9.94. The summed E-state index contributed by atoms with van der Waals surface area (Å²) in [5.74, 6) is -0.273. The fourth-order valence-corrected chi connectivity index (χ4v) is 1.40. The fourth-order valence-electron chi connectivity index (χ4n) is 1.40. The van der Waals surface area contributed by atoms with Gasteiger partial charge in [-0.05, 0) is 24.6 Å². The molecule has 2 aromatic rings. The van der Waals surface area contributed by atoms with Gasteiger partial charge in [0.15, 0.2) is 0 Å². The molecule has 0 radical (unpaired) electrons. The van der Waals surface area contributed by atoms with Crippen LogP contribution in [-0.4, -0.2) is 15.9 Å². The minimum absolute atomic E-state index is 0.273. The van der Waals surface area contributed by atoms with E-state index in [0.717, 1.165) is 5.56 Å². The van der Waals surface area contributed by atoms with Gasteiger partial charge in [0, 0.05) is 36.2 Å². The first kappa shape index (κ1) is 11.1. The van der Waals surface area contributed by atoms with E-state index >= 15 is 0 Å². The summed E-state index contributed by atoms with van der Waals surface area (Å²) in [4.78, 5) is 19.8. The molecule has 86 valence electrons. The lowest BCUT2D eigenvalue weighted by molar-refractivity contribution is 0.102. The topological polar surface area (TPSA) is 80.9 Å². The average molecular weight is 228 g/mol. The number of nitrogens with two attached hydrogens (primary N) is 1. The number of rotatable bonds is 2. The van der Waals surface area contributed by atoms with Gasteiger partial charge in [0.2, 0.25) is 0 Å². The summed E-state index contributed by atoms with van der Waals surface area (Å²) in [6.45, 7) is 1.87. The van der Waals surface area contributed by atoms with Crippen LogP contribution in [0.15, 0.2) is 36.9 Å². The van der Waals surface area contributed by atoms with E-state index in [1.54, 1.807) is 30.7 Å². The van der Waals surface area contributed by atoms with Crippen LogP contribution in [0, 0.1) is 6.92 Å². The van der Waals surface area contributed by atoms with Crippen molar-refractivity contribution in [3.05, 3.63) is 48.0 Å². The highest BCUT2D eigenvalue weighted by Gasteiger charge is 2.10. The molecule has 1 amide bonds. The van der Waals surface area contributed by atoms with Gasteiger partial charge in [0.25, 0.3) is 5.91 Å². The number of aromatic nitrogens is 2.